The third-order valence-corrected chi connectivity index (χ3v) is 22.4. The lowest BCUT2D eigenvalue weighted by Crippen LogP contribution is -1.91. The van der Waals surface area contributed by atoms with Crippen LogP contribution in [-0.2, 0) is 44.9 Å². The van der Waals surface area contributed by atoms with E-state index >= 15 is 0 Å². The predicted octanol–water partition coefficient (Wildman–Crippen LogP) is 33.5. The van der Waals surface area contributed by atoms with E-state index in [1.165, 1.54) is 38.5 Å². The van der Waals surface area contributed by atoms with Crippen LogP contribution in [-0.4, -0.2) is 49.8 Å². The van der Waals surface area contributed by atoms with Gasteiger partial charge in [0, 0.05) is 38.9 Å². The van der Waals surface area contributed by atoms with Crippen LogP contribution in [0.15, 0.2) is 297 Å². The molecule has 0 spiro atoms. The molecule has 0 saturated heterocycles. The molecule has 0 aliphatic rings. The molecule has 0 fully saturated rings. The zero-order valence-corrected chi connectivity index (χ0v) is 79.4. The molecule has 7 nitrogen and oxygen atoms in total. The molecule has 0 aromatic heterocycles. The monoisotopic (exact) mass is 1790 g/mol. The molecule has 14 rings (SSSR count). The fraction of sp³-hybridized carbons (Fsp3) is 0.288. The molecule has 0 heterocycles. The second-order valence-corrected chi connectivity index (χ2v) is 32.2. The molecule has 0 atom stereocenters. The lowest BCUT2D eigenvalue weighted by Gasteiger charge is -2.07. The summed E-state index contributed by atoms with van der Waals surface area (Å²) in [5.74, 6) is 4.38. The first kappa shape index (κ1) is 105. The average Bonchev–Trinajstić information content (AvgIpc) is 0.868. The minimum absolute atomic E-state index is 0.149. The van der Waals surface area contributed by atoms with E-state index in [9.17, 15) is 30.7 Å². The number of benzene rings is 14. The number of aryl methyl sites for hydroxylation is 7. The summed E-state index contributed by atoms with van der Waals surface area (Å²) in [7, 11) is 11.4. The van der Waals surface area contributed by atoms with E-state index in [-0.39, 0.29) is 40.7 Å². The van der Waals surface area contributed by atoms with E-state index < -0.39 is 0 Å². The average molecular weight is 1790 g/mol. The van der Waals surface area contributed by atoms with Crippen LogP contribution in [0.1, 0.15) is 171 Å². The molecule has 0 N–H and O–H groups in total. The lowest BCUT2D eigenvalue weighted by atomic mass is 10.0. The molecule has 0 bridgehead atoms. The van der Waals surface area contributed by atoms with Crippen LogP contribution in [0.4, 0.5) is 30.7 Å². The van der Waals surface area contributed by atoms with E-state index in [0.717, 1.165) is 208 Å². The van der Waals surface area contributed by atoms with Gasteiger partial charge in [0.2, 0.25) is 0 Å². The highest BCUT2D eigenvalue weighted by molar-refractivity contribution is 5.71. The molecule has 0 aliphatic heterocycles. The molecule has 694 valence electrons. The first-order valence-corrected chi connectivity index (χ1v) is 46.2. The zero-order chi connectivity index (χ0) is 94.9. The smallest absolute Gasteiger partial charge is 0.131 e. The summed E-state index contributed by atoms with van der Waals surface area (Å²) in [5.41, 5.74) is 18.0. The van der Waals surface area contributed by atoms with Crippen LogP contribution < -0.4 is 33.2 Å². The van der Waals surface area contributed by atoms with Crippen molar-refractivity contribution in [1.29, 1.82) is 0 Å². The number of hydrogen-bond donors (Lipinski definition) is 0. The van der Waals surface area contributed by atoms with Gasteiger partial charge in [0.25, 0.3) is 0 Å². The number of halogens is 7. The van der Waals surface area contributed by atoms with Gasteiger partial charge in [0.15, 0.2) is 0 Å². The van der Waals surface area contributed by atoms with Gasteiger partial charge in [-0.1, -0.05) is 283 Å². The van der Waals surface area contributed by atoms with E-state index in [1.807, 2.05) is 255 Å². The van der Waals surface area contributed by atoms with Crippen molar-refractivity contribution in [1.82, 2.24) is 0 Å². The summed E-state index contributed by atoms with van der Waals surface area (Å²) in [5, 5.41) is 0. The topological polar surface area (TPSA) is 64.6 Å². The van der Waals surface area contributed by atoms with E-state index in [0.29, 0.717) is 38.9 Å². The molecule has 0 unspecified atom stereocenters. The Morgan fingerprint density at radius 3 is 0.386 bits per heavy atom. The fourth-order valence-electron chi connectivity index (χ4n) is 14.9. The number of unbranched alkanes of at least 4 members (excludes halogenated alkanes) is 6. The molecule has 14 heteroatoms. The SMILES string of the molecule is CCCCCc1ccc(-c2ccc(OC)cc2)c(F)c1.CCCCCc1ccc(-c2ccc(OC)cc2)c(F)c1.CCCCCc1ccc(-c2ccc(OC)cc2)c(F)c1.CCCc1ccc(-c2ccc(OC)cc2)c(F)c1.CCCc1ccc(-c2ccc(OC)cc2)c(F)c1.CCCc1ccc(-c2ccc(OC)cc2)c(F)c1.CCCc1ccc(-c2ccc(OC)cc2)c(F)c1. The Hall–Kier alpha value is -12.8. The minimum atomic E-state index is -0.161. The molecule has 14 aromatic rings. The van der Waals surface area contributed by atoms with E-state index in [2.05, 4.69) is 48.5 Å². The molecule has 0 saturated carbocycles. The van der Waals surface area contributed by atoms with Gasteiger partial charge in [0.1, 0.15) is 81.0 Å². The molecular formula is C118H131F7O7. The molecular weight excluding hydrogens is 1660 g/mol. The minimum Gasteiger partial charge on any atom is -0.497 e. The van der Waals surface area contributed by atoms with Crippen LogP contribution in [0.3, 0.4) is 0 Å². The number of ether oxygens (including phenoxy) is 7. The molecule has 14 aromatic carbocycles. The number of hydrogen-bond acceptors (Lipinski definition) is 7. The Labute approximate surface area is 781 Å². The van der Waals surface area contributed by atoms with Crippen LogP contribution in [0.2, 0.25) is 0 Å². The van der Waals surface area contributed by atoms with Gasteiger partial charge in [-0.2, -0.15) is 0 Å². The summed E-state index contributed by atoms with van der Waals surface area (Å²) in [6.45, 7) is 14.9. The second kappa shape index (κ2) is 57.4. The standard InChI is InChI=1S/3C18H21FO.4C16H17FO/c3*1-3-4-5-6-14-7-12-17(18(19)13-14)15-8-10-16(20-2)11-9-15;4*1-3-4-12-5-10-15(16(17)11-12)13-6-8-14(18-2)9-7-13/h3*7-13H,3-6H2,1-2H3;4*5-11H,3-4H2,1-2H3. The summed E-state index contributed by atoms with van der Waals surface area (Å²) in [4.78, 5) is 0. The van der Waals surface area contributed by atoms with E-state index in [4.69, 9.17) is 33.2 Å². The van der Waals surface area contributed by atoms with E-state index in [1.54, 1.807) is 92.2 Å². The quantitative estimate of drug-likeness (QED) is 0.0294. The summed E-state index contributed by atoms with van der Waals surface area (Å²) >= 11 is 0. The molecule has 132 heavy (non-hydrogen) atoms. The summed E-state index contributed by atoms with van der Waals surface area (Å²) in [6, 6.07) is 90.7. The fourth-order valence-corrected chi connectivity index (χ4v) is 14.9. The van der Waals surface area contributed by atoms with Gasteiger partial charge < -0.3 is 33.2 Å². The maximum absolute atomic E-state index is 14.2. The summed E-state index contributed by atoms with van der Waals surface area (Å²) < 4.78 is 134. The van der Waals surface area contributed by atoms with Gasteiger partial charge in [0.05, 0.1) is 49.8 Å². The van der Waals surface area contributed by atoms with Crippen LogP contribution in [0.5, 0.6) is 40.2 Å². The highest BCUT2D eigenvalue weighted by Gasteiger charge is 2.15. The van der Waals surface area contributed by atoms with Crippen molar-refractivity contribution in [2.75, 3.05) is 49.8 Å². The highest BCUT2D eigenvalue weighted by atomic mass is 19.2. The van der Waals surface area contributed by atoms with Crippen LogP contribution in [0, 0.1) is 40.7 Å². The van der Waals surface area contributed by atoms with Gasteiger partial charge in [-0.25, -0.2) is 30.7 Å². The Morgan fingerprint density at radius 1 is 0.152 bits per heavy atom. The first-order valence-electron chi connectivity index (χ1n) is 46.2. The Bertz CT molecular complexity index is 5040. The number of rotatable bonds is 34. The van der Waals surface area contributed by atoms with Crippen molar-refractivity contribution in [2.24, 2.45) is 0 Å². The normalized spacial score (nSPS) is 10.5. The summed E-state index contributed by atoms with van der Waals surface area (Å²) in [6.07, 6.45) is 21.2. The van der Waals surface area contributed by atoms with Gasteiger partial charge in [-0.3, -0.25) is 0 Å². The predicted molar refractivity (Wildman–Crippen MR) is 534 cm³/mol. The van der Waals surface area contributed by atoms with Crippen molar-refractivity contribution in [3.63, 3.8) is 0 Å². The largest absolute Gasteiger partial charge is 0.497 e. The highest BCUT2D eigenvalue weighted by Crippen LogP contribution is 2.35. The first-order chi connectivity index (χ1) is 64.2. The maximum Gasteiger partial charge on any atom is 0.131 e. The third-order valence-electron chi connectivity index (χ3n) is 22.4. The third kappa shape index (κ3) is 33.5. The molecule has 0 radical (unpaired) electrons. The van der Waals surface area contributed by atoms with Crippen LogP contribution >= 0.6 is 0 Å². The zero-order valence-electron chi connectivity index (χ0n) is 79.4. The van der Waals surface area contributed by atoms with Crippen LogP contribution in [0.25, 0.3) is 77.9 Å². The van der Waals surface area contributed by atoms with Crippen molar-refractivity contribution in [2.45, 2.75) is 177 Å². The Balaban J connectivity index is 0.000000190. The molecule has 0 amide bonds. The maximum atomic E-state index is 14.2. The van der Waals surface area contributed by atoms with Crippen molar-refractivity contribution in [3.8, 4) is 118 Å². The second-order valence-electron chi connectivity index (χ2n) is 32.2. The molecule has 0 aliphatic carbocycles. The van der Waals surface area contributed by atoms with Gasteiger partial charge in [-0.05, 0) is 269 Å². The van der Waals surface area contributed by atoms with Gasteiger partial charge in [-0.15, -0.1) is 0 Å². The van der Waals surface area contributed by atoms with Crippen molar-refractivity contribution in [3.05, 3.63) is 377 Å². The number of methoxy groups -OCH3 is 7. The Morgan fingerprint density at radius 2 is 0.280 bits per heavy atom. The lowest BCUT2D eigenvalue weighted by molar-refractivity contribution is 0.414. The van der Waals surface area contributed by atoms with Gasteiger partial charge >= 0.3 is 0 Å². The Kier molecular flexibility index (Phi) is 45.5. The van der Waals surface area contributed by atoms with Crippen molar-refractivity contribution >= 4 is 0 Å². The van der Waals surface area contributed by atoms with Crippen molar-refractivity contribution < 1.29 is 63.9 Å².